The van der Waals surface area contributed by atoms with Crippen LogP contribution in [0.15, 0.2) is 84.9 Å². The second kappa shape index (κ2) is 10.1. The fourth-order valence-corrected chi connectivity index (χ4v) is 4.91. The molecule has 1 N–H and O–H groups in total. The summed E-state index contributed by atoms with van der Waals surface area (Å²) < 4.78 is 0. The average molecular weight is 425 g/mol. The van der Waals surface area contributed by atoms with Gasteiger partial charge in [-0.15, -0.1) is 0 Å². The molecule has 4 aromatic rings. The molecule has 0 amide bonds. The van der Waals surface area contributed by atoms with E-state index < -0.39 is 0 Å². The molecule has 5 rings (SSSR count). The molecule has 1 aromatic heterocycles. The predicted molar refractivity (Wildman–Crippen MR) is 132 cm³/mol. The first-order valence-corrected chi connectivity index (χ1v) is 11.8. The Bertz CT molecular complexity index is 1030. The molecule has 2 heterocycles. The summed E-state index contributed by atoms with van der Waals surface area (Å²) >= 11 is 0. The monoisotopic (exact) mass is 424 g/mol. The number of hydrogen-bond donors (Lipinski definition) is 1. The molecule has 0 atom stereocenters. The van der Waals surface area contributed by atoms with E-state index in [1.165, 1.54) is 24.1 Å². The highest BCUT2D eigenvalue weighted by Crippen LogP contribution is 2.28. The number of fused-ring (bicyclic) bond motifs is 1. The Morgan fingerprint density at radius 2 is 1.34 bits per heavy atom. The van der Waals surface area contributed by atoms with Crippen molar-refractivity contribution in [3.05, 3.63) is 102 Å². The van der Waals surface area contributed by atoms with Crippen molar-refractivity contribution in [3.8, 4) is 0 Å². The molecule has 32 heavy (non-hydrogen) atoms. The third-order valence-electron chi connectivity index (χ3n) is 6.63. The van der Waals surface area contributed by atoms with Crippen LogP contribution in [0.1, 0.15) is 35.7 Å². The predicted octanol–water partition coefficient (Wildman–Crippen LogP) is 5.29. The lowest BCUT2D eigenvalue weighted by Crippen LogP contribution is -2.32. The first kappa shape index (κ1) is 20.9. The van der Waals surface area contributed by atoms with Crippen molar-refractivity contribution in [2.45, 2.75) is 25.3 Å². The van der Waals surface area contributed by atoms with Gasteiger partial charge in [0.15, 0.2) is 0 Å². The SMILES string of the molecule is c1ccc(C(CCN2CCCN(Cc3nc4ccccc4[nH]3)CC2)c2ccccc2)cc1. The third-order valence-corrected chi connectivity index (χ3v) is 6.63. The Kier molecular flexibility index (Phi) is 6.61. The highest BCUT2D eigenvalue weighted by molar-refractivity contribution is 5.74. The molecule has 0 unspecified atom stereocenters. The number of nitrogens with zero attached hydrogens (tertiary/aromatic N) is 3. The number of nitrogens with one attached hydrogen (secondary N) is 1. The van der Waals surface area contributed by atoms with Crippen LogP contribution in [-0.4, -0.2) is 52.5 Å². The number of aromatic amines is 1. The van der Waals surface area contributed by atoms with Gasteiger partial charge < -0.3 is 9.88 Å². The van der Waals surface area contributed by atoms with Crippen LogP contribution in [0.3, 0.4) is 0 Å². The van der Waals surface area contributed by atoms with E-state index in [1.807, 2.05) is 0 Å². The van der Waals surface area contributed by atoms with Crippen molar-refractivity contribution < 1.29 is 0 Å². The van der Waals surface area contributed by atoms with E-state index in [9.17, 15) is 0 Å². The molecule has 0 spiro atoms. The molecule has 1 fully saturated rings. The van der Waals surface area contributed by atoms with E-state index in [2.05, 4.69) is 99.7 Å². The van der Waals surface area contributed by atoms with Gasteiger partial charge in [-0.25, -0.2) is 4.98 Å². The van der Waals surface area contributed by atoms with Crippen LogP contribution in [-0.2, 0) is 6.54 Å². The Balaban J connectivity index is 1.19. The van der Waals surface area contributed by atoms with Gasteiger partial charge in [0.05, 0.1) is 17.6 Å². The minimum absolute atomic E-state index is 0.451. The number of aromatic nitrogens is 2. The molecule has 0 saturated carbocycles. The van der Waals surface area contributed by atoms with Crippen LogP contribution in [0.2, 0.25) is 0 Å². The molecular formula is C28H32N4. The molecule has 1 aliphatic heterocycles. The van der Waals surface area contributed by atoms with Gasteiger partial charge in [-0.1, -0.05) is 72.8 Å². The van der Waals surface area contributed by atoms with Crippen molar-refractivity contribution >= 4 is 11.0 Å². The van der Waals surface area contributed by atoms with Gasteiger partial charge in [0, 0.05) is 19.0 Å². The number of para-hydroxylation sites is 2. The second-order valence-electron chi connectivity index (χ2n) is 8.83. The van der Waals surface area contributed by atoms with E-state index in [0.717, 1.165) is 56.0 Å². The first-order chi connectivity index (χ1) is 15.8. The summed E-state index contributed by atoms with van der Waals surface area (Å²) in [6.07, 6.45) is 2.36. The summed E-state index contributed by atoms with van der Waals surface area (Å²) in [7, 11) is 0. The van der Waals surface area contributed by atoms with Gasteiger partial charge in [-0.2, -0.15) is 0 Å². The lowest BCUT2D eigenvalue weighted by Gasteiger charge is -2.25. The van der Waals surface area contributed by atoms with Crippen molar-refractivity contribution in [1.29, 1.82) is 0 Å². The maximum Gasteiger partial charge on any atom is 0.121 e. The molecule has 4 heteroatoms. The average Bonchev–Trinajstić information content (AvgIpc) is 3.12. The highest BCUT2D eigenvalue weighted by atomic mass is 15.2. The number of hydrogen-bond acceptors (Lipinski definition) is 3. The van der Waals surface area contributed by atoms with Gasteiger partial charge >= 0.3 is 0 Å². The summed E-state index contributed by atoms with van der Waals surface area (Å²) in [5.41, 5.74) is 5.03. The fraction of sp³-hybridized carbons (Fsp3) is 0.321. The second-order valence-corrected chi connectivity index (χ2v) is 8.83. The lowest BCUT2D eigenvalue weighted by molar-refractivity contribution is 0.245. The summed E-state index contributed by atoms with van der Waals surface area (Å²) in [5, 5.41) is 0. The van der Waals surface area contributed by atoms with Crippen LogP contribution in [0.5, 0.6) is 0 Å². The van der Waals surface area contributed by atoms with E-state index in [0.29, 0.717) is 5.92 Å². The van der Waals surface area contributed by atoms with E-state index in [4.69, 9.17) is 4.98 Å². The third kappa shape index (κ3) is 5.09. The summed E-state index contributed by atoms with van der Waals surface area (Å²) in [6.45, 7) is 6.56. The zero-order valence-corrected chi connectivity index (χ0v) is 18.7. The van der Waals surface area contributed by atoms with Crippen LogP contribution in [0.25, 0.3) is 11.0 Å². The standard InChI is InChI=1S/C28H32N4/c1-3-10-23(11-4-1)25(24-12-5-2-6-13-24)16-19-31-17-9-18-32(21-20-31)22-28-29-26-14-7-8-15-27(26)30-28/h1-8,10-15,25H,9,16-22H2,(H,29,30). The van der Waals surface area contributed by atoms with Crippen molar-refractivity contribution in [1.82, 2.24) is 19.8 Å². The Labute approximate surface area is 190 Å². The number of benzene rings is 3. The number of H-pyrrole nitrogens is 1. The molecule has 0 bridgehead atoms. The van der Waals surface area contributed by atoms with Crippen LogP contribution in [0.4, 0.5) is 0 Å². The van der Waals surface area contributed by atoms with E-state index >= 15 is 0 Å². The Morgan fingerprint density at radius 3 is 2.06 bits per heavy atom. The van der Waals surface area contributed by atoms with Gasteiger partial charge in [0.2, 0.25) is 0 Å². The maximum absolute atomic E-state index is 4.77. The quantitative estimate of drug-likeness (QED) is 0.438. The van der Waals surface area contributed by atoms with Crippen molar-refractivity contribution in [3.63, 3.8) is 0 Å². The van der Waals surface area contributed by atoms with Gasteiger partial charge in [-0.3, -0.25) is 4.90 Å². The summed E-state index contributed by atoms with van der Waals surface area (Å²) in [5.74, 6) is 1.53. The van der Waals surface area contributed by atoms with Gasteiger partial charge in [0.1, 0.15) is 5.82 Å². The van der Waals surface area contributed by atoms with Crippen LogP contribution < -0.4 is 0 Å². The minimum atomic E-state index is 0.451. The minimum Gasteiger partial charge on any atom is -0.341 e. The molecule has 1 aliphatic rings. The summed E-state index contributed by atoms with van der Waals surface area (Å²) in [6, 6.07) is 30.2. The number of imidazole rings is 1. The Hall–Kier alpha value is -2.95. The zero-order valence-electron chi connectivity index (χ0n) is 18.7. The zero-order chi connectivity index (χ0) is 21.6. The van der Waals surface area contributed by atoms with Crippen molar-refractivity contribution in [2.24, 2.45) is 0 Å². The molecule has 0 radical (unpaired) electrons. The molecule has 4 nitrogen and oxygen atoms in total. The van der Waals surface area contributed by atoms with E-state index in [-0.39, 0.29) is 0 Å². The molecular weight excluding hydrogens is 392 g/mol. The smallest absolute Gasteiger partial charge is 0.121 e. The molecule has 164 valence electrons. The highest BCUT2D eigenvalue weighted by Gasteiger charge is 2.19. The summed E-state index contributed by atoms with van der Waals surface area (Å²) in [4.78, 5) is 13.5. The van der Waals surface area contributed by atoms with E-state index in [1.54, 1.807) is 0 Å². The first-order valence-electron chi connectivity index (χ1n) is 11.8. The van der Waals surface area contributed by atoms with Crippen molar-refractivity contribution in [2.75, 3.05) is 32.7 Å². The van der Waals surface area contributed by atoms with Gasteiger partial charge in [0.25, 0.3) is 0 Å². The lowest BCUT2D eigenvalue weighted by atomic mass is 9.88. The molecule has 0 aliphatic carbocycles. The maximum atomic E-state index is 4.77. The molecule has 3 aromatic carbocycles. The topological polar surface area (TPSA) is 35.2 Å². The fourth-order valence-electron chi connectivity index (χ4n) is 4.91. The molecule has 1 saturated heterocycles. The van der Waals surface area contributed by atoms with Crippen LogP contribution >= 0.6 is 0 Å². The normalized spacial score (nSPS) is 15.9. The van der Waals surface area contributed by atoms with Crippen LogP contribution in [0, 0.1) is 0 Å². The number of rotatable bonds is 7. The largest absolute Gasteiger partial charge is 0.341 e. The Morgan fingerprint density at radius 1 is 0.719 bits per heavy atom. The van der Waals surface area contributed by atoms with Gasteiger partial charge in [-0.05, 0) is 55.7 Å².